The Bertz CT molecular complexity index is 1130. The molecule has 0 saturated heterocycles. The van der Waals surface area contributed by atoms with Crippen LogP contribution in [-0.2, 0) is 27.4 Å². The fraction of sp³-hybridized carbons (Fsp3) is 0.280. The molecular formula is C25H28N4O5. The molecular weight excluding hydrogens is 436 g/mol. The van der Waals surface area contributed by atoms with Crippen molar-refractivity contribution in [1.29, 1.82) is 0 Å². The van der Waals surface area contributed by atoms with E-state index in [0.717, 1.165) is 22.5 Å². The molecule has 0 aliphatic heterocycles. The van der Waals surface area contributed by atoms with Crippen molar-refractivity contribution < 1.29 is 24.2 Å². The number of hydrogen-bond acceptors (Lipinski definition) is 6. The molecule has 9 heteroatoms. The van der Waals surface area contributed by atoms with Gasteiger partial charge >= 0.3 is 5.97 Å². The Hall–Kier alpha value is -3.98. The zero-order valence-electron chi connectivity index (χ0n) is 19.2. The van der Waals surface area contributed by atoms with E-state index in [9.17, 15) is 19.5 Å². The van der Waals surface area contributed by atoms with Crippen molar-refractivity contribution >= 4 is 17.8 Å². The Morgan fingerprint density at radius 3 is 2.32 bits per heavy atom. The number of ether oxygens (including phenoxy) is 1. The van der Waals surface area contributed by atoms with Crippen molar-refractivity contribution in [3.8, 4) is 0 Å². The van der Waals surface area contributed by atoms with Crippen LogP contribution in [0.5, 0.6) is 0 Å². The van der Waals surface area contributed by atoms with E-state index in [4.69, 9.17) is 4.74 Å². The molecule has 0 fully saturated rings. The van der Waals surface area contributed by atoms with E-state index in [-0.39, 0.29) is 6.54 Å². The predicted molar refractivity (Wildman–Crippen MR) is 125 cm³/mol. The summed E-state index contributed by atoms with van der Waals surface area (Å²) in [5.41, 5.74) is 4.08. The van der Waals surface area contributed by atoms with Crippen molar-refractivity contribution in [2.24, 2.45) is 0 Å². The molecule has 1 unspecified atom stereocenters. The highest BCUT2D eigenvalue weighted by Crippen LogP contribution is 2.14. The Morgan fingerprint density at radius 2 is 1.68 bits per heavy atom. The van der Waals surface area contributed by atoms with Crippen molar-refractivity contribution in [1.82, 2.24) is 20.4 Å². The van der Waals surface area contributed by atoms with Gasteiger partial charge in [0, 0.05) is 23.4 Å². The van der Waals surface area contributed by atoms with Crippen LogP contribution in [0.4, 0.5) is 0 Å². The summed E-state index contributed by atoms with van der Waals surface area (Å²) in [7, 11) is 0. The number of carbonyl (C=O) groups excluding carboxylic acids is 3. The molecule has 9 nitrogen and oxygen atoms in total. The fourth-order valence-electron chi connectivity index (χ4n) is 3.39. The van der Waals surface area contributed by atoms with Gasteiger partial charge in [-0.3, -0.25) is 14.3 Å². The van der Waals surface area contributed by atoms with Crippen LogP contribution in [0.15, 0.2) is 60.7 Å². The van der Waals surface area contributed by atoms with Crippen molar-refractivity contribution in [2.75, 3.05) is 13.2 Å². The van der Waals surface area contributed by atoms with E-state index in [2.05, 4.69) is 15.7 Å². The lowest BCUT2D eigenvalue weighted by atomic mass is 10.2. The molecule has 178 valence electrons. The maximum atomic E-state index is 12.2. The summed E-state index contributed by atoms with van der Waals surface area (Å²) in [4.78, 5) is 36.6. The highest BCUT2D eigenvalue weighted by Gasteiger charge is 2.23. The van der Waals surface area contributed by atoms with Crippen LogP contribution in [0.2, 0.25) is 0 Å². The number of carbonyl (C=O) groups is 3. The highest BCUT2D eigenvalue weighted by molar-refractivity contribution is 5.97. The monoisotopic (exact) mass is 464 g/mol. The molecule has 1 heterocycles. The molecule has 1 atom stereocenters. The summed E-state index contributed by atoms with van der Waals surface area (Å²) in [6.45, 7) is 3.47. The van der Waals surface area contributed by atoms with Gasteiger partial charge in [-0.25, -0.2) is 4.79 Å². The van der Waals surface area contributed by atoms with Crippen LogP contribution < -0.4 is 10.6 Å². The minimum atomic E-state index is -1.28. The molecule has 0 saturated carbocycles. The van der Waals surface area contributed by atoms with E-state index in [1.54, 1.807) is 30.3 Å². The third-order valence-electron chi connectivity index (χ3n) is 5.32. The zero-order valence-corrected chi connectivity index (χ0v) is 19.2. The summed E-state index contributed by atoms with van der Waals surface area (Å²) in [5, 5.41) is 19.1. The van der Waals surface area contributed by atoms with Crippen molar-refractivity contribution in [2.45, 2.75) is 33.0 Å². The molecule has 3 aromatic rings. The van der Waals surface area contributed by atoms with Crippen LogP contribution in [0.25, 0.3) is 0 Å². The Morgan fingerprint density at radius 1 is 1.03 bits per heavy atom. The lowest BCUT2D eigenvalue weighted by Gasteiger charge is -2.15. The number of amides is 2. The number of nitrogens with zero attached hydrogens (tertiary/aromatic N) is 2. The number of aliphatic hydroxyl groups excluding tert-OH is 1. The molecule has 34 heavy (non-hydrogen) atoms. The minimum Gasteiger partial charge on any atom is -0.454 e. The normalized spacial score (nSPS) is 11.5. The summed E-state index contributed by atoms with van der Waals surface area (Å²) < 4.78 is 6.86. The summed E-state index contributed by atoms with van der Waals surface area (Å²) in [6, 6.07) is 16.9. The second-order valence-electron chi connectivity index (χ2n) is 7.75. The van der Waals surface area contributed by atoms with E-state index in [0.29, 0.717) is 12.1 Å². The van der Waals surface area contributed by atoms with Crippen molar-refractivity contribution in [3.05, 3.63) is 88.7 Å². The Labute approximate surface area is 197 Å². The third kappa shape index (κ3) is 6.52. The molecule has 2 aromatic carbocycles. The SMILES string of the molecule is Cc1nn(Cc2ccccc2)c(C)c1CNC(=O)COC(=O)C(CO)NC(=O)c1ccccc1. The quantitative estimate of drug-likeness (QED) is 0.391. The number of benzene rings is 2. The number of aliphatic hydroxyl groups is 1. The highest BCUT2D eigenvalue weighted by atomic mass is 16.5. The van der Waals surface area contributed by atoms with Gasteiger partial charge < -0.3 is 20.5 Å². The summed E-state index contributed by atoms with van der Waals surface area (Å²) >= 11 is 0. The smallest absolute Gasteiger partial charge is 0.331 e. The van der Waals surface area contributed by atoms with E-state index in [1.807, 2.05) is 48.9 Å². The predicted octanol–water partition coefficient (Wildman–Crippen LogP) is 1.50. The molecule has 2 amide bonds. The molecule has 0 bridgehead atoms. The van der Waals surface area contributed by atoms with E-state index < -0.39 is 37.0 Å². The van der Waals surface area contributed by atoms with Gasteiger partial charge in [0.15, 0.2) is 12.6 Å². The topological polar surface area (TPSA) is 123 Å². The molecule has 3 rings (SSSR count). The number of aryl methyl sites for hydroxylation is 1. The maximum Gasteiger partial charge on any atom is 0.331 e. The molecule has 0 radical (unpaired) electrons. The van der Waals surface area contributed by atoms with Gasteiger partial charge in [0.2, 0.25) is 0 Å². The maximum absolute atomic E-state index is 12.2. The summed E-state index contributed by atoms with van der Waals surface area (Å²) in [6.07, 6.45) is 0. The van der Waals surface area contributed by atoms with Crippen LogP contribution >= 0.6 is 0 Å². The minimum absolute atomic E-state index is 0.233. The first-order valence-electron chi connectivity index (χ1n) is 10.9. The largest absolute Gasteiger partial charge is 0.454 e. The third-order valence-corrected chi connectivity index (χ3v) is 5.32. The van der Waals surface area contributed by atoms with Crippen LogP contribution in [0, 0.1) is 13.8 Å². The first-order chi connectivity index (χ1) is 16.4. The number of esters is 1. The number of nitrogens with one attached hydrogen (secondary N) is 2. The van der Waals surface area contributed by atoms with Gasteiger partial charge in [0.05, 0.1) is 18.8 Å². The number of aromatic nitrogens is 2. The summed E-state index contributed by atoms with van der Waals surface area (Å²) in [5.74, 6) is -1.93. The first-order valence-corrected chi connectivity index (χ1v) is 10.9. The second kappa shape index (κ2) is 11.8. The Kier molecular flexibility index (Phi) is 8.53. The second-order valence-corrected chi connectivity index (χ2v) is 7.75. The zero-order chi connectivity index (χ0) is 24.5. The van der Waals surface area contributed by atoms with Gasteiger partial charge in [-0.05, 0) is 31.5 Å². The molecule has 0 spiro atoms. The standard InChI is InChI=1S/C25H28N4O5/c1-17-21(18(2)29(28-17)14-19-9-5-3-6-10-19)13-26-23(31)16-34-25(33)22(15-30)27-24(32)20-11-7-4-8-12-20/h3-12,22,30H,13-16H2,1-2H3,(H,26,31)(H,27,32). The van der Waals surface area contributed by atoms with Crippen LogP contribution in [0.3, 0.4) is 0 Å². The molecule has 0 aliphatic rings. The van der Waals surface area contributed by atoms with Crippen molar-refractivity contribution in [3.63, 3.8) is 0 Å². The van der Waals surface area contributed by atoms with E-state index in [1.165, 1.54) is 0 Å². The number of rotatable bonds is 10. The van der Waals surface area contributed by atoms with Gasteiger partial charge in [0.1, 0.15) is 0 Å². The number of hydrogen-bond donors (Lipinski definition) is 3. The first kappa shape index (κ1) is 24.7. The molecule has 0 aliphatic carbocycles. The Balaban J connectivity index is 1.49. The average molecular weight is 465 g/mol. The molecule has 3 N–H and O–H groups in total. The lowest BCUT2D eigenvalue weighted by Crippen LogP contribution is -2.45. The van der Waals surface area contributed by atoms with Gasteiger partial charge in [0.25, 0.3) is 11.8 Å². The van der Waals surface area contributed by atoms with Gasteiger partial charge in [-0.1, -0.05) is 48.5 Å². The van der Waals surface area contributed by atoms with Gasteiger partial charge in [-0.15, -0.1) is 0 Å². The van der Waals surface area contributed by atoms with Gasteiger partial charge in [-0.2, -0.15) is 5.10 Å². The fourth-order valence-corrected chi connectivity index (χ4v) is 3.39. The van der Waals surface area contributed by atoms with Crippen LogP contribution in [-0.4, -0.2) is 51.9 Å². The molecule has 1 aromatic heterocycles. The average Bonchev–Trinajstić information content (AvgIpc) is 3.12. The van der Waals surface area contributed by atoms with E-state index >= 15 is 0 Å². The lowest BCUT2D eigenvalue weighted by molar-refractivity contribution is -0.151. The van der Waals surface area contributed by atoms with Crippen LogP contribution in [0.1, 0.15) is 32.9 Å².